The molecule has 0 fully saturated rings. The summed E-state index contributed by atoms with van der Waals surface area (Å²) < 4.78 is 1.65. The number of aromatic nitrogens is 2. The Morgan fingerprint density at radius 3 is 1.77 bits per heavy atom. The van der Waals surface area contributed by atoms with E-state index in [-0.39, 0.29) is 6.54 Å². The van der Waals surface area contributed by atoms with Crippen molar-refractivity contribution in [2.24, 2.45) is 7.05 Å². The first-order chi connectivity index (χ1) is 16.9. The Morgan fingerprint density at radius 2 is 1.34 bits per heavy atom. The summed E-state index contributed by atoms with van der Waals surface area (Å²) in [6, 6.07) is 30.2. The number of nitrogens with zero attached hydrogens (tertiary/aromatic N) is 3. The summed E-state index contributed by atoms with van der Waals surface area (Å²) in [5.74, 6) is 0.114. The molecule has 0 bridgehead atoms. The molecule has 4 rings (SSSR count). The van der Waals surface area contributed by atoms with Gasteiger partial charge in [-0.3, -0.25) is 9.48 Å². The Kier molecular flexibility index (Phi) is 6.82. The van der Waals surface area contributed by atoms with E-state index in [1.807, 2.05) is 54.6 Å². The van der Waals surface area contributed by atoms with Crippen LogP contribution in [0.2, 0.25) is 0 Å². The molecule has 0 aliphatic heterocycles. The van der Waals surface area contributed by atoms with Crippen molar-refractivity contribution in [1.29, 1.82) is 0 Å². The average molecular weight is 470 g/mol. The minimum atomic E-state index is -1.18. The zero-order chi connectivity index (χ0) is 24.8. The molecule has 1 aromatic heterocycles. The van der Waals surface area contributed by atoms with Gasteiger partial charge in [-0.25, -0.2) is 4.79 Å². The lowest BCUT2D eigenvalue weighted by atomic mass is 9.77. The molecular weight excluding hydrogens is 442 g/mol. The fourth-order valence-corrected chi connectivity index (χ4v) is 4.11. The molecule has 1 heterocycles. The summed E-state index contributed by atoms with van der Waals surface area (Å²) >= 11 is 0. The van der Waals surface area contributed by atoms with Crippen LogP contribution in [-0.4, -0.2) is 45.4 Å². The zero-order valence-corrected chi connectivity index (χ0v) is 19.6. The lowest BCUT2D eigenvalue weighted by Crippen LogP contribution is -2.39. The molecule has 4 aromatic rings. The number of hydrogen-bond donors (Lipinski definition) is 3. The van der Waals surface area contributed by atoms with E-state index >= 15 is 0 Å². The first-order valence-electron chi connectivity index (χ1n) is 11.1. The molecule has 2 amide bonds. The molecular formula is C27H27N5O3. The van der Waals surface area contributed by atoms with Crippen molar-refractivity contribution in [1.82, 2.24) is 14.7 Å². The van der Waals surface area contributed by atoms with Gasteiger partial charge in [-0.05, 0) is 16.7 Å². The van der Waals surface area contributed by atoms with E-state index in [1.54, 1.807) is 17.9 Å². The van der Waals surface area contributed by atoms with Crippen molar-refractivity contribution in [3.05, 3.63) is 114 Å². The van der Waals surface area contributed by atoms with Crippen LogP contribution < -0.4 is 10.6 Å². The van der Waals surface area contributed by atoms with Gasteiger partial charge < -0.3 is 20.6 Å². The predicted octanol–water partition coefficient (Wildman–Crippen LogP) is 4.37. The van der Waals surface area contributed by atoms with E-state index in [1.165, 1.54) is 7.05 Å². The smallest absolute Gasteiger partial charge is 0.407 e. The predicted molar refractivity (Wildman–Crippen MR) is 135 cm³/mol. The number of amides is 2. The molecule has 0 radical (unpaired) electrons. The average Bonchev–Trinajstić information content (AvgIpc) is 3.22. The molecule has 0 unspecified atom stereocenters. The number of carbonyl (C=O) groups is 2. The van der Waals surface area contributed by atoms with Crippen LogP contribution in [0, 0.1) is 0 Å². The molecule has 3 aromatic carbocycles. The highest BCUT2D eigenvalue weighted by Crippen LogP contribution is 2.41. The van der Waals surface area contributed by atoms with E-state index in [4.69, 9.17) is 5.11 Å². The largest absolute Gasteiger partial charge is 0.465 e. The topological polar surface area (TPSA) is 99.5 Å². The first kappa shape index (κ1) is 23.6. The van der Waals surface area contributed by atoms with Crippen molar-refractivity contribution in [3.8, 4) is 0 Å². The molecule has 0 aliphatic carbocycles. The second kappa shape index (κ2) is 10.1. The van der Waals surface area contributed by atoms with Crippen LogP contribution in [0.3, 0.4) is 0 Å². The van der Waals surface area contributed by atoms with Gasteiger partial charge in [0.1, 0.15) is 23.6 Å². The van der Waals surface area contributed by atoms with E-state index in [2.05, 4.69) is 52.1 Å². The summed E-state index contributed by atoms with van der Waals surface area (Å²) in [7, 11) is 3.13. The summed E-state index contributed by atoms with van der Waals surface area (Å²) in [5.41, 5.74) is 2.64. The Hall–Kier alpha value is -4.59. The molecule has 0 atom stereocenters. The van der Waals surface area contributed by atoms with Gasteiger partial charge in [0.2, 0.25) is 5.91 Å². The Morgan fingerprint density at radius 1 is 0.886 bits per heavy atom. The highest BCUT2D eigenvalue weighted by molar-refractivity contribution is 5.96. The number of carboxylic acid groups (broad SMARTS) is 1. The van der Waals surface area contributed by atoms with Crippen molar-refractivity contribution in [2.75, 3.05) is 24.2 Å². The maximum Gasteiger partial charge on any atom is 0.407 e. The fraction of sp³-hybridized carbons (Fsp3) is 0.148. The summed E-state index contributed by atoms with van der Waals surface area (Å²) in [6.45, 7) is -0.301. The van der Waals surface area contributed by atoms with Crippen molar-refractivity contribution < 1.29 is 14.7 Å². The van der Waals surface area contributed by atoms with E-state index in [0.29, 0.717) is 11.5 Å². The van der Waals surface area contributed by atoms with Gasteiger partial charge in [0.05, 0.1) is 6.20 Å². The normalized spacial score (nSPS) is 11.0. The van der Waals surface area contributed by atoms with Crippen LogP contribution in [0.4, 0.5) is 16.3 Å². The minimum absolute atomic E-state index is 0.301. The van der Waals surface area contributed by atoms with Crippen molar-refractivity contribution in [3.63, 3.8) is 0 Å². The number of benzene rings is 3. The Balaban J connectivity index is 1.84. The third-order valence-electron chi connectivity index (χ3n) is 5.85. The van der Waals surface area contributed by atoms with E-state index in [9.17, 15) is 9.59 Å². The summed E-state index contributed by atoms with van der Waals surface area (Å²) in [4.78, 5) is 24.6. The number of rotatable bonds is 8. The van der Waals surface area contributed by atoms with Crippen LogP contribution in [0.5, 0.6) is 0 Å². The number of likely N-dealkylation sites (N-methyl/N-ethyl adjacent to an activating group) is 1. The Labute approximate surface area is 203 Å². The van der Waals surface area contributed by atoms with Gasteiger partial charge in [0.25, 0.3) is 0 Å². The quantitative estimate of drug-likeness (QED) is 0.333. The molecule has 8 nitrogen and oxygen atoms in total. The summed E-state index contributed by atoms with van der Waals surface area (Å²) in [5, 5.41) is 20.0. The van der Waals surface area contributed by atoms with Crippen LogP contribution in [-0.2, 0) is 17.4 Å². The monoisotopic (exact) mass is 469 g/mol. The molecule has 178 valence electrons. The molecule has 0 spiro atoms. The number of aryl methyl sites for hydroxylation is 1. The van der Waals surface area contributed by atoms with Crippen molar-refractivity contribution in [2.45, 2.75) is 5.54 Å². The lowest BCUT2D eigenvalue weighted by Gasteiger charge is -2.38. The van der Waals surface area contributed by atoms with Gasteiger partial charge in [-0.2, -0.15) is 5.10 Å². The van der Waals surface area contributed by atoms with Gasteiger partial charge in [-0.15, -0.1) is 0 Å². The van der Waals surface area contributed by atoms with Gasteiger partial charge >= 0.3 is 6.09 Å². The lowest BCUT2D eigenvalue weighted by molar-refractivity contribution is -0.116. The van der Waals surface area contributed by atoms with Gasteiger partial charge in [0.15, 0.2) is 0 Å². The van der Waals surface area contributed by atoms with E-state index in [0.717, 1.165) is 21.6 Å². The van der Waals surface area contributed by atoms with Gasteiger partial charge in [-0.1, -0.05) is 91.0 Å². The SMILES string of the molecule is CN(CC(=O)Nc1cnn(C)c1NC(c1ccccc1)(c1ccccc1)c1ccccc1)C(=O)O. The Bertz CT molecular complexity index is 1190. The van der Waals surface area contributed by atoms with E-state index < -0.39 is 17.5 Å². The second-order valence-corrected chi connectivity index (χ2v) is 8.19. The number of carbonyl (C=O) groups excluding carboxylic acids is 1. The molecule has 35 heavy (non-hydrogen) atoms. The van der Waals surface area contributed by atoms with Crippen LogP contribution in [0.1, 0.15) is 16.7 Å². The zero-order valence-electron chi connectivity index (χ0n) is 19.6. The van der Waals surface area contributed by atoms with Crippen LogP contribution in [0.15, 0.2) is 97.2 Å². The highest BCUT2D eigenvalue weighted by Gasteiger charge is 2.37. The molecule has 0 saturated heterocycles. The first-order valence-corrected chi connectivity index (χ1v) is 11.1. The van der Waals surface area contributed by atoms with Crippen molar-refractivity contribution >= 4 is 23.5 Å². The molecule has 3 N–H and O–H groups in total. The molecule has 0 aliphatic rings. The second-order valence-electron chi connectivity index (χ2n) is 8.19. The van der Waals surface area contributed by atoms with Crippen LogP contribution in [0.25, 0.3) is 0 Å². The third-order valence-corrected chi connectivity index (χ3v) is 5.85. The standard InChI is InChI=1S/C27H27N5O3/c1-31(26(34)35)19-24(33)29-23-18-28-32(2)25(23)30-27(20-12-6-3-7-13-20,21-14-8-4-9-15-21)22-16-10-5-11-17-22/h3-18,30H,19H2,1-2H3,(H,29,33)(H,34,35). The highest BCUT2D eigenvalue weighted by atomic mass is 16.4. The number of anilines is 2. The third kappa shape index (κ3) is 4.86. The maximum absolute atomic E-state index is 12.6. The maximum atomic E-state index is 12.6. The van der Waals surface area contributed by atoms with Gasteiger partial charge in [0, 0.05) is 14.1 Å². The molecule has 8 heteroatoms. The molecule has 0 saturated carbocycles. The minimum Gasteiger partial charge on any atom is -0.465 e. The van der Waals surface area contributed by atoms with Crippen LogP contribution >= 0.6 is 0 Å². The number of hydrogen-bond acceptors (Lipinski definition) is 4. The fourth-order valence-electron chi connectivity index (χ4n) is 4.11. The number of nitrogens with one attached hydrogen (secondary N) is 2. The summed E-state index contributed by atoms with van der Waals surface area (Å²) in [6.07, 6.45) is 0.369.